The predicted octanol–water partition coefficient (Wildman–Crippen LogP) is 3.01. The van der Waals surface area contributed by atoms with Crippen LogP contribution in [0.5, 0.6) is 0 Å². The molecule has 118 valence electrons. The van der Waals surface area contributed by atoms with Crippen molar-refractivity contribution >= 4 is 23.2 Å². The Bertz CT molecular complexity index is 632. The van der Waals surface area contributed by atoms with E-state index in [1.165, 1.54) is 17.4 Å². The molecular formula is C16H22N4OS. The van der Waals surface area contributed by atoms with Crippen molar-refractivity contribution in [1.29, 1.82) is 0 Å². The largest absolute Gasteiger partial charge is 0.372 e. The van der Waals surface area contributed by atoms with Gasteiger partial charge in [0.1, 0.15) is 5.78 Å². The lowest BCUT2D eigenvalue weighted by Gasteiger charge is -2.21. The fourth-order valence-electron chi connectivity index (χ4n) is 2.27. The van der Waals surface area contributed by atoms with Gasteiger partial charge >= 0.3 is 0 Å². The summed E-state index contributed by atoms with van der Waals surface area (Å²) in [5.41, 5.74) is 2.24. The van der Waals surface area contributed by atoms with Crippen LogP contribution in [0.3, 0.4) is 0 Å². The van der Waals surface area contributed by atoms with Gasteiger partial charge in [-0.15, -0.1) is 10.2 Å². The Hall–Kier alpha value is -1.82. The lowest BCUT2D eigenvalue weighted by molar-refractivity contribution is -0.114. The third-order valence-corrected chi connectivity index (χ3v) is 4.66. The summed E-state index contributed by atoms with van der Waals surface area (Å²) in [5.74, 6) is 1.38. The number of carbonyl (C=O) groups excluding carboxylic acids is 1. The molecule has 0 bridgehead atoms. The van der Waals surface area contributed by atoms with Gasteiger partial charge in [-0.3, -0.25) is 4.79 Å². The van der Waals surface area contributed by atoms with E-state index in [0.29, 0.717) is 5.75 Å². The van der Waals surface area contributed by atoms with Crippen LogP contribution >= 0.6 is 11.8 Å². The van der Waals surface area contributed by atoms with Crippen LogP contribution in [0.2, 0.25) is 0 Å². The van der Waals surface area contributed by atoms with Crippen molar-refractivity contribution in [3.63, 3.8) is 0 Å². The Morgan fingerprint density at radius 3 is 2.36 bits per heavy atom. The minimum atomic E-state index is 0.137. The van der Waals surface area contributed by atoms with E-state index in [1.807, 2.05) is 11.6 Å². The number of rotatable bonds is 7. The number of nitrogens with zero attached hydrogens (tertiary/aromatic N) is 4. The van der Waals surface area contributed by atoms with Gasteiger partial charge in [-0.05, 0) is 45.0 Å². The number of aromatic nitrogens is 3. The minimum absolute atomic E-state index is 0.137. The number of carbonyl (C=O) groups is 1. The summed E-state index contributed by atoms with van der Waals surface area (Å²) in [6.45, 7) is 7.87. The smallest absolute Gasteiger partial charge is 0.191 e. The molecule has 6 heteroatoms. The zero-order valence-electron chi connectivity index (χ0n) is 13.5. The van der Waals surface area contributed by atoms with E-state index in [0.717, 1.165) is 29.6 Å². The number of ketones is 1. The van der Waals surface area contributed by atoms with E-state index in [2.05, 4.69) is 53.2 Å². The van der Waals surface area contributed by atoms with E-state index in [-0.39, 0.29) is 5.78 Å². The highest BCUT2D eigenvalue weighted by molar-refractivity contribution is 7.99. The zero-order valence-corrected chi connectivity index (χ0v) is 14.4. The third kappa shape index (κ3) is 3.68. The first-order valence-corrected chi connectivity index (χ1v) is 8.42. The predicted molar refractivity (Wildman–Crippen MR) is 91.4 cm³/mol. The van der Waals surface area contributed by atoms with Crippen LogP contribution in [-0.2, 0) is 11.8 Å². The highest BCUT2D eigenvalue weighted by Gasteiger charge is 2.12. The zero-order chi connectivity index (χ0) is 16.1. The number of hydrogen-bond acceptors (Lipinski definition) is 5. The van der Waals surface area contributed by atoms with Crippen LogP contribution in [0.25, 0.3) is 11.4 Å². The molecule has 0 N–H and O–H groups in total. The number of benzene rings is 1. The second kappa shape index (κ2) is 7.45. The Morgan fingerprint density at radius 1 is 1.18 bits per heavy atom. The SMILES string of the molecule is CCN(CC)c1ccc(-c2nnc(SCC(C)=O)n2C)cc1. The van der Waals surface area contributed by atoms with E-state index >= 15 is 0 Å². The molecule has 2 aromatic rings. The summed E-state index contributed by atoms with van der Waals surface area (Å²) in [6, 6.07) is 8.35. The van der Waals surface area contributed by atoms with E-state index in [1.54, 1.807) is 6.92 Å². The summed E-state index contributed by atoms with van der Waals surface area (Å²) >= 11 is 1.42. The van der Waals surface area contributed by atoms with Crippen LogP contribution in [0.15, 0.2) is 29.4 Å². The summed E-state index contributed by atoms with van der Waals surface area (Å²) in [5, 5.41) is 9.18. The fraction of sp³-hybridized carbons (Fsp3) is 0.438. The van der Waals surface area contributed by atoms with Crippen molar-refractivity contribution in [2.24, 2.45) is 7.05 Å². The van der Waals surface area contributed by atoms with Crippen molar-refractivity contribution in [1.82, 2.24) is 14.8 Å². The summed E-state index contributed by atoms with van der Waals surface area (Å²) in [6.07, 6.45) is 0. The van der Waals surface area contributed by atoms with Crippen molar-refractivity contribution in [2.45, 2.75) is 25.9 Å². The standard InChI is InChI=1S/C16H22N4OS/c1-5-20(6-2)14-9-7-13(8-10-14)15-17-18-16(19(15)4)22-11-12(3)21/h7-10H,5-6,11H2,1-4H3. The lowest BCUT2D eigenvalue weighted by Crippen LogP contribution is -2.21. The van der Waals surface area contributed by atoms with Gasteiger partial charge in [0.05, 0.1) is 5.75 Å². The topological polar surface area (TPSA) is 51.0 Å². The molecule has 0 radical (unpaired) electrons. The van der Waals surface area contributed by atoms with Crippen molar-refractivity contribution in [2.75, 3.05) is 23.7 Å². The van der Waals surface area contributed by atoms with Gasteiger partial charge < -0.3 is 9.47 Å². The highest BCUT2D eigenvalue weighted by atomic mass is 32.2. The van der Waals surface area contributed by atoms with Gasteiger partial charge in [0.15, 0.2) is 11.0 Å². The monoisotopic (exact) mass is 318 g/mol. The summed E-state index contributed by atoms with van der Waals surface area (Å²) in [7, 11) is 1.93. The molecular weight excluding hydrogens is 296 g/mol. The Kier molecular flexibility index (Phi) is 5.60. The van der Waals surface area contributed by atoms with Crippen LogP contribution in [0, 0.1) is 0 Å². The van der Waals surface area contributed by atoms with Crippen LogP contribution in [-0.4, -0.2) is 39.4 Å². The normalized spacial score (nSPS) is 10.7. The average Bonchev–Trinajstić information content (AvgIpc) is 2.88. The minimum Gasteiger partial charge on any atom is -0.372 e. The molecule has 0 aliphatic carbocycles. The summed E-state index contributed by atoms with van der Waals surface area (Å²) in [4.78, 5) is 13.4. The highest BCUT2D eigenvalue weighted by Crippen LogP contribution is 2.24. The van der Waals surface area contributed by atoms with Gasteiger partial charge in [-0.25, -0.2) is 0 Å². The van der Waals surface area contributed by atoms with E-state index in [4.69, 9.17) is 0 Å². The average molecular weight is 318 g/mol. The van der Waals surface area contributed by atoms with Crippen molar-refractivity contribution in [3.05, 3.63) is 24.3 Å². The molecule has 1 heterocycles. The Labute approximate surface area is 135 Å². The molecule has 0 amide bonds. The maximum atomic E-state index is 11.1. The number of anilines is 1. The molecule has 5 nitrogen and oxygen atoms in total. The Balaban J connectivity index is 2.20. The molecule has 0 saturated heterocycles. The van der Waals surface area contributed by atoms with Gasteiger partial charge in [0.2, 0.25) is 0 Å². The first-order chi connectivity index (χ1) is 10.6. The van der Waals surface area contributed by atoms with E-state index < -0.39 is 0 Å². The van der Waals surface area contributed by atoms with Gasteiger partial charge in [0, 0.05) is 31.4 Å². The van der Waals surface area contributed by atoms with Crippen LogP contribution in [0.4, 0.5) is 5.69 Å². The van der Waals surface area contributed by atoms with E-state index in [9.17, 15) is 4.79 Å². The molecule has 0 fully saturated rings. The number of Topliss-reactive ketones (excluding diaryl/α,β-unsaturated/α-hetero) is 1. The molecule has 22 heavy (non-hydrogen) atoms. The second-order valence-electron chi connectivity index (χ2n) is 5.08. The quantitative estimate of drug-likeness (QED) is 0.735. The van der Waals surface area contributed by atoms with Crippen LogP contribution in [0.1, 0.15) is 20.8 Å². The van der Waals surface area contributed by atoms with Crippen molar-refractivity contribution < 1.29 is 4.79 Å². The molecule has 0 atom stereocenters. The first kappa shape index (κ1) is 16.5. The first-order valence-electron chi connectivity index (χ1n) is 7.43. The molecule has 2 rings (SSSR count). The molecule has 0 aliphatic rings. The molecule has 0 aliphatic heterocycles. The van der Waals surface area contributed by atoms with Crippen molar-refractivity contribution in [3.8, 4) is 11.4 Å². The van der Waals surface area contributed by atoms with Gasteiger partial charge in [-0.2, -0.15) is 0 Å². The molecule has 1 aromatic carbocycles. The number of thioether (sulfide) groups is 1. The molecule has 0 saturated carbocycles. The Morgan fingerprint density at radius 2 is 1.82 bits per heavy atom. The molecule has 0 spiro atoms. The molecule has 0 unspecified atom stereocenters. The van der Waals surface area contributed by atoms with Crippen LogP contribution < -0.4 is 4.90 Å². The maximum absolute atomic E-state index is 11.1. The second-order valence-corrected chi connectivity index (χ2v) is 6.02. The van der Waals surface area contributed by atoms with Gasteiger partial charge in [0.25, 0.3) is 0 Å². The number of hydrogen-bond donors (Lipinski definition) is 0. The third-order valence-electron chi connectivity index (χ3n) is 3.49. The lowest BCUT2D eigenvalue weighted by atomic mass is 10.2. The summed E-state index contributed by atoms with van der Waals surface area (Å²) < 4.78 is 1.93. The molecule has 1 aromatic heterocycles. The maximum Gasteiger partial charge on any atom is 0.191 e. The fourth-order valence-corrected chi connectivity index (χ4v) is 2.98. The van der Waals surface area contributed by atoms with Gasteiger partial charge in [-0.1, -0.05) is 11.8 Å².